The van der Waals surface area contributed by atoms with Crippen LogP contribution in [0.2, 0.25) is 0 Å². The Labute approximate surface area is 291 Å². The summed E-state index contributed by atoms with van der Waals surface area (Å²) in [6.07, 6.45) is 12.1. The molecule has 8 aromatic rings. The quantitative estimate of drug-likeness (QED) is 0.191. The predicted molar refractivity (Wildman–Crippen MR) is 208 cm³/mol. The molecular formula is C46H34N4. The van der Waals surface area contributed by atoms with Crippen LogP contribution in [0.4, 0.5) is 0 Å². The fourth-order valence-electron chi connectivity index (χ4n) is 8.01. The zero-order valence-corrected chi connectivity index (χ0v) is 28.0. The molecule has 2 heterocycles. The van der Waals surface area contributed by atoms with Crippen molar-refractivity contribution in [2.75, 3.05) is 0 Å². The summed E-state index contributed by atoms with van der Waals surface area (Å²) in [5.41, 5.74) is 12.9. The Kier molecular flexibility index (Phi) is 6.40. The fraction of sp³-hybridized carbons (Fsp3) is 0.0870. The number of rotatable bonds is 4. The van der Waals surface area contributed by atoms with Crippen molar-refractivity contribution in [2.45, 2.75) is 12.3 Å². The maximum Gasteiger partial charge on any atom is 0.140 e. The first-order valence-electron chi connectivity index (χ1n) is 17.3. The lowest BCUT2D eigenvalue weighted by atomic mass is 9.84. The van der Waals surface area contributed by atoms with Crippen molar-refractivity contribution < 1.29 is 0 Å². The molecule has 238 valence electrons. The van der Waals surface area contributed by atoms with Gasteiger partial charge >= 0.3 is 0 Å². The van der Waals surface area contributed by atoms with Gasteiger partial charge in [0, 0.05) is 36.5 Å². The van der Waals surface area contributed by atoms with E-state index in [9.17, 15) is 0 Å². The van der Waals surface area contributed by atoms with Crippen LogP contribution in [0.5, 0.6) is 0 Å². The molecule has 0 saturated carbocycles. The van der Waals surface area contributed by atoms with Gasteiger partial charge in [0.2, 0.25) is 0 Å². The predicted octanol–water partition coefficient (Wildman–Crippen LogP) is 11.3. The number of fused-ring (bicyclic) bond motifs is 7. The van der Waals surface area contributed by atoms with Crippen LogP contribution in [0.3, 0.4) is 0 Å². The van der Waals surface area contributed by atoms with E-state index < -0.39 is 0 Å². The van der Waals surface area contributed by atoms with Gasteiger partial charge in [-0.2, -0.15) is 0 Å². The van der Waals surface area contributed by atoms with Gasteiger partial charge in [0.05, 0.1) is 22.4 Å². The molecule has 2 aliphatic carbocycles. The SMILES string of the molecule is Cn1c(-c2ccc(-c3cc4ccccc4cc3-c3ccc(-c4nc5c6ccccc6ccc5n4C)cc3)cc2)nc2c1C=CC1=CC=CCC12. The lowest BCUT2D eigenvalue weighted by Crippen LogP contribution is -2.09. The molecule has 1 unspecified atom stereocenters. The van der Waals surface area contributed by atoms with Crippen molar-refractivity contribution in [3.8, 4) is 45.0 Å². The highest BCUT2D eigenvalue weighted by Crippen LogP contribution is 2.41. The first kappa shape index (κ1) is 28.7. The summed E-state index contributed by atoms with van der Waals surface area (Å²) in [7, 11) is 4.24. The summed E-state index contributed by atoms with van der Waals surface area (Å²) in [6.45, 7) is 0. The van der Waals surface area contributed by atoms with E-state index in [-0.39, 0.29) is 0 Å². The molecule has 0 saturated heterocycles. The van der Waals surface area contributed by atoms with E-state index >= 15 is 0 Å². The standard InChI is InChI=1S/C46H34N4/c1-49-41-25-23-29-9-5-7-13-37(29)43(41)47-45(49)33-19-15-31(16-20-33)39-27-35-11-3-4-12-36(35)28-40(39)32-17-21-34(22-18-32)46-48-44-38-14-8-6-10-30(38)24-26-42(44)50(46)2/h3-13,15-28,38H,14H2,1-2H3. The van der Waals surface area contributed by atoms with Gasteiger partial charge in [-0.05, 0) is 74.7 Å². The van der Waals surface area contributed by atoms with Gasteiger partial charge in [0.15, 0.2) is 0 Å². The minimum absolute atomic E-state index is 0.335. The van der Waals surface area contributed by atoms with Crippen LogP contribution in [0.1, 0.15) is 23.7 Å². The van der Waals surface area contributed by atoms with E-state index in [1.807, 2.05) is 0 Å². The number of aromatic nitrogens is 4. The van der Waals surface area contributed by atoms with Crippen LogP contribution in [-0.4, -0.2) is 19.1 Å². The summed E-state index contributed by atoms with van der Waals surface area (Å²) in [5.74, 6) is 2.31. The molecule has 10 rings (SSSR count). The monoisotopic (exact) mass is 642 g/mol. The van der Waals surface area contributed by atoms with Crippen LogP contribution >= 0.6 is 0 Å². The average Bonchev–Trinajstić information content (AvgIpc) is 3.71. The number of aryl methyl sites for hydroxylation is 1. The van der Waals surface area contributed by atoms with Gasteiger partial charge < -0.3 is 9.13 Å². The van der Waals surface area contributed by atoms with Crippen molar-refractivity contribution in [3.63, 3.8) is 0 Å². The molecule has 0 aliphatic heterocycles. The first-order chi connectivity index (χ1) is 24.6. The van der Waals surface area contributed by atoms with Crippen molar-refractivity contribution in [1.29, 1.82) is 0 Å². The molecule has 1 atom stereocenters. The number of hydrogen-bond acceptors (Lipinski definition) is 2. The molecule has 4 heteroatoms. The number of allylic oxidation sites excluding steroid dienone is 5. The molecule has 2 aliphatic rings. The summed E-state index contributed by atoms with van der Waals surface area (Å²) in [4.78, 5) is 10.4. The molecule has 2 aromatic heterocycles. The second kappa shape index (κ2) is 11.1. The smallest absolute Gasteiger partial charge is 0.140 e. The summed E-state index contributed by atoms with van der Waals surface area (Å²) >= 11 is 0. The Morgan fingerprint density at radius 1 is 0.580 bits per heavy atom. The highest BCUT2D eigenvalue weighted by Gasteiger charge is 2.27. The molecular weight excluding hydrogens is 609 g/mol. The van der Waals surface area contributed by atoms with E-state index in [1.54, 1.807) is 0 Å². The zero-order valence-electron chi connectivity index (χ0n) is 28.0. The molecule has 0 spiro atoms. The van der Waals surface area contributed by atoms with Crippen LogP contribution in [0.15, 0.2) is 151 Å². The summed E-state index contributed by atoms with van der Waals surface area (Å²) in [6, 6.07) is 44.0. The molecule has 0 radical (unpaired) electrons. The number of imidazole rings is 2. The number of benzene rings is 6. The summed E-state index contributed by atoms with van der Waals surface area (Å²) in [5, 5.41) is 4.85. The topological polar surface area (TPSA) is 35.6 Å². The molecule has 4 nitrogen and oxygen atoms in total. The molecule has 0 N–H and O–H groups in total. The van der Waals surface area contributed by atoms with Gasteiger partial charge in [0.1, 0.15) is 11.6 Å². The second-order valence-electron chi connectivity index (χ2n) is 13.5. The van der Waals surface area contributed by atoms with Gasteiger partial charge in [-0.1, -0.05) is 127 Å². The zero-order chi connectivity index (χ0) is 33.3. The van der Waals surface area contributed by atoms with E-state index in [4.69, 9.17) is 9.97 Å². The first-order valence-corrected chi connectivity index (χ1v) is 17.3. The van der Waals surface area contributed by atoms with Gasteiger partial charge in [-0.25, -0.2) is 9.97 Å². The maximum absolute atomic E-state index is 5.21. The number of hydrogen-bond donors (Lipinski definition) is 0. The Bertz CT molecular complexity index is 2730. The lowest BCUT2D eigenvalue weighted by Gasteiger charge is -2.21. The van der Waals surface area contributed by atoms with Crippen molar-refractivity contribution in [2.24, 2.45) is 14.1 Å². The van der Waals surface area contributed by atoms with Crippen LogP contribution in [0, 0.1) is 0 Å². The molecule has 50 heavy (non-hydrogen) atoms. The Morgan fingerprint density at radius 3 is 1.86 bits per heavy atom. The Morgan fingerprint density at radius 2 is 1.18 bits per heavy atom. The van der Waals surface area contributed by atoms with Crippen LogP contribution in [0.25, 0.3) is 83.7 Å². The maximum atomic E-state index is 5.21. The van der Waals surface area contributed by atoms with E-state index in [0.29, 0.717) is 5.92 Å². The highest BCUT2D eigenvalue weighted by molar-refractivity contribution is 6.05. The van der Waals surface area contributed by atoms with Crippen molar-refractivity contribution in [1.82, 2.24) is 19.1 Å². The highest BCUT2D eigenvalue weighted by atomic mass is 15.1. The van der Waals surface area contributed by atoms with E-state index in [0.717, 1.165) is 40.2 Å². The second-order valence-corrected chi connectivity index (χ2v) is 13.5. The van der Waals surface area contributed by atoms with Crippen LogP contribution in [-0.2, 0) is 14.1 Å². The third-order valence-electron chi connectivity index (χ3n) is 10.7. The van der Waals surface area contributed by atoms with Crippen molar-refractivity contribution >= 4 is 38.7 Å². The minimum atomic E-state index is 0.335. The van der Waals surface area contributed by atoms with E-state index in [2.05, 4.69) is 175 Å². The number of nitrogens with zero attached hydrogens (tertiary/aromatic N) is 4. The third-order valence-corrected chi connectivity index (χ3v) is 10.7. The largest absolute Gasteiger partial charge is 0.327 e. The van der Waals surface area contributed by atoms with Gasteiger partial charge in [0.25, 0.3) is 0 Å². The third kappa shape index (κ3) is 4.45. The molecule has 0 bridgehead atoms. The van der Waals surface area contributed by atoms with E-state index in [1.165, 1.54) is 60.8 Å². The minimum Gasteiger partial charge on any atom is -0.327 e. The Balaban J connectivity index is 1.03. The van der Waals surface area contributed by atoms with Crippen LogP contribution < -0.4 is 0 Å². The normalized spacial score (nSPS) is 15.1. The molecule has 0 amide bonds. The summed E-state index contributed by atoms with van der Waals surface area (Å²) < 4.78 is 4.45. The molecule has 0 fully saturated rings. The Hall–Kier alpha value is -6.26. The van der Waals surface area contributed by atoms with Crippen molar-refractivity contribution in [3.05, 3.63) is 163 Å². The molecule has 6 aromatic carbocycles. The fourth-order valence-corrected chi connectivity index (χ4v) is 8.01. The van der Waals surface area contributed by atoms with Gasteiger partial charge in [-0.15, -0.1) is 0 Å². The lowest BCUT2D eigenvalue weighted by molar-refractivity contribution is 0.779. The van der Waals surface area contributed by atoms with Gasteiger partial charge in [-0.3, -0.25) is 0 Å². The average molecular weight is 643 g/mol.